The van der Waals surface area contributed by atoms with E-state index in [1.807, 2.05) is 30.7 Å². The van der Waals surface area contributed by atoms with E-state index < -0.39 is 0 Å². The number of halogens is 1. The molecule has 1 aromatic heterocycles. The Morgan fingerprint density at radius 3 is 2.45 bits per heavy atom. The van der Waals surface area contributed by atoms with Crippen LogP contribution in [0.3, 0.4) is 0 Å². The zero-order valence-electron chi connectivity index (χ0n) is 11.9. The van der Waals surface area contributed by atoms with Crippen molar-refractivity contribution in [1.29, 1.82) is 0 Å². The third-order valence-electron chi connectivity index (χ3n) is 3.34. The number of thioether (sulfide) groups is 1. The summed E-state index contributed by atoms with van der Waals surface area (Å²) < 4.78 is 3.07. The van der Waals surface area contributed by atoms with Gasteiger partial charge in [-0.25, -0.2) is 0 Å². The highest BCUT2D eigenvalue weighted by molar-refractivity contribution is 9.10. The van der Waals surface area contributed by atoms with Crippen LogP contribution in [0.15, 0.2) is 33.9 Å². The molecule has 0 aliphatic rings. The Morgan fingerprint density at radius 2 is 1.95 bits per heavy atom. The third kappa shape index (κ3) is 3.42. The Balaban J connectivity index is 2.28. The molecule has 2 aromatic rings. The summed E-state index contributed by atoms with van der Waals surface area (Å²) in [5.41, 5.74) is 7.52. The Bertz CT molecular complexity index is 567. The molecular formula is C14H19BrN4S. The zero-order chi connectivity index (χ0) is 14.7. The highest BCUT2D eigenvalue weighted by Crippen LogP contribution is 2.37. The maximum Gasteiger partial charge on any atom is 0.191 e. The van der Waals surface area contributed by atoms with Crippen LogP contribution in [0.5, 0.6) is 0 Å². The van der Waals surface area contributed by atoms with Gasteiger partial charge in [0, 0.05) is 17.6 Å². The predicted molar refractivity (Wildman–Crippen MR) is 86.7 cm³/mol. The average molecular weight is 355 g/mol. The van der Waals surface area contributed by atoms with Crippen LogP contribution in [-0.4, -0.2) is 20.8 Å². The lowest BCUT2D eigenvalue weighted by molar-refractivity contribution is 0.630. The molecule has 0 saturated carbocycles. The van der Waals surface area contributed by atoms with Crippen LogP contribution in [0.4, 0.5) is 0 Å². The number of aromatic nitrogens is 3. The molecule has 0 aliphatic heterocycles. The van der Waals surface area contributed by atoms with Crippen LogP contribution in [0.2, 0.25) is 0 Å². The predicted octanol–water partition coefficient (Wildman–Crippen LogP) is 3.46. The van der Waals surface area contributed by atoms with Crippen molar-refractivity contribution in [1.82, 2.24) is 14.8 Å². The number of hydrogen-bond acceptors (Lipinski definition) is 4. The van der Waals surface area contributed by atoms with Crippen LogP contribution < -0.4 is 5.73 Å². The molecule has 2 atom stereocenters. The summed E-state index contributed by atoms with van der Waals surface area (Å²) in [6, 6.07) is 8.40. The van der Waals surface area contributed by atoms with E-state index in [9.17, 15) is 0 Å². The number of benzene rings is 1. The first kappa shape index (κ1) is 15.5. The molecule has 2 unspecified atom stereocenters. The number of nitrogens with zero attached hydrogens (tertiary/aromatic N) is 3. The molecule has 0 saturated heterocycles. The maximum absolute atomic E-state index is 6.30. The quantitative estimate of drug-likeness (QED) is 0.835. The van der Waals surface area contributed by atoms with Crippen LogP contribution >= 0.6 is 27.7 Å². The highest BCUT2D eigenvalue weighted by Gasteiger charge is 2.22. The lowest BCUT2D eigenvalue weighted by Gasteiger charge is -2.22. The van der Waals surface area contributed by atoms with Crippen molar-refractivity contribution < 1.29 is 0 Å². The van der Waals surface area contributed by atoms with Gasteiger partial charge in [-0.15, -0.1) is 10.2 Å². The largest absolute Gasteiger partial charge is 0.326 e. The molecule has 6 heteroatoms. The summed E-state index contributed by atoms with van der Waals surface area (Å²) >= 11 is 5.14. The van der Waals surface area contributed by atoms with Gasteiger partial charge in [-0.3, -0.25) is 0 Å². The second kappa shape index (κ2) is 6.74. The molecule has 0 fully saturated rings. The fraction of sp³-hybridized carbons (Fsp3) is 0.429. The molecule has 2 rings (SSSR count). The monoisotopic (exact) mass is 354 g/mol. The molecular weight excluding hydrogens is 336 g/mol. The van der Waals surface area contributed by atoms with Gasteiger partial charge in [-0.05, 0) is 31.0 Å². The molecule has 0 spiro atoms. The van der Waals surface area contributed by atoms with Gasteiger partial charge >= 0.3 is 0 Å². The second-order valence-corrected chi connectivity index (χ2v) is 6.78. The lowest BCUT2D eigenvalue weighted by Crippen LogP contribution is -2.26. The fourth-order valence-corrected chi connectivity index (χ4v) is 3.40. The van der Waals surface area contributed by atoms with Crippen molar-refractivity contribution in [2.75, 3.05) is 0 Å². The van der Waals surface area contributed by atoms with Gasteiger partial charge in [0.25, 0.3) is 0 Å². The summed E-state index contributed by atoms with van der Waals surface area (Å²) in [4.78, 5) is 0. The summed E-state index contributed by atoms with van der Waals surface area (Å²) in [5.74, 6) is 0.909. The van der Waals surface area contributed by atoms with Gasteiger partial charge in [-0.2, -0.15) is 0 Å². The minimum atomic E-state index is 0.0816. The van der Waals surface area contributed by atoms with E-state index in [1.165, 1.54) is 5.56 Å². The van der Waals surface area contributed by atoms with Gasteiger partial charge in [0.2, 0.25) is 0 Å². The summed E-state index contributed by atoms with van der Waals surface area (Å²) in [7, 11) is 1.98. The van der Waals surface area contributed by atoms with Crippen molar-refractivity contribution in [3.8, 4) is 0 Å². The smallest absolute Gasteiger partial charge is 0.191 e. The molecule has 1 aromatic carbocycles. The first-order chi connectivity index (χ1) is 9.52. The van der Waals surface area contributed by atoms with E-state index >= 15 is 0 Å². The first-order valence-electron chi connectivity index (χ1n) is 6.56. The number of nitrogens with two attached hydrogens (primary N) is 1. The van der Waals surface area contributed by atoms with Gasteiger partial charge in [0.1, 0.15) is 5.82 Å². The zero-order valence-corrected chi connectivity index (χ0v) is 14.3. The molecule has 0 bridgehead atoms. The van der Waals surface area contributed by atoms with Crippen molar-refractivity contribution in [2.45, 2.75) is 36.7 Å². The van der Waals surface area contributed by atoms with Crippen molar-refractivity contribution in [2.24, 2.45) is 12.8 Å². The van der Waals surface area contributed by atoms with Gasteiger partial charge in [0.15, 0.2) is 5.16 Å². The first-order valence-corrected chi connectivity index (χ1v) is 8.24. The number of hydrogen-bond donors (Lipinski definition) is 1. The Hall–Kier alpha value is -0.850. The van der Waals surface area contributed by atoms with Gasteiger partial charge in [0.05, 0.1) is 5.25 Å². The Kier molecular flexibility index (Phi) is 5.23. The van der Waals surface area contributed by atoms with Crippen molar-refractivity contribution in [3.63, 3.8) is 0 Å². The molecule has 0 amide bonds. The number of rotatable bonds is 5. The summed E-state index contributed by atoms with van der Waals surface area (Å²) in [5, 5.41) is 9.41. The molecule has 0 radical (unpaired) electrons. The van der Waals surface area contributed by atoms with E-state index in [0.717, 1.165) is 21.9 Å². The minimum Gasteiger partial charge on any atom is -0.326 e. The fourth-order valence-electron chi connectivity index (χ4n) is 1.87. The molecule has 0 aliphatic carbocycles. The van der Waals surface area contributed by atoms with Crippen LogP contribution in [0, 0.1) is 6.92 Å². The molecule has 108 valence electrons. The second-order valence-electron chi connectivity index (χ2n) is 4.75. The number of aryl methyl sites for hydroxylation is 1. The maximum atomic E-state index is 6.30. The van der Waals surface area contributed by atoms with E-state index in [1.54, 1.807) is 11.8 Å². The SMILES string of the molecule is CCC(N)C(Sc1nnc(C)n1C)c1ccc(Br)cc1. The standard InChI is InChI=1S/C14H19BrN4S/c1-4-12(16)13(10-5-7-11(15)8-6-10)20-14-18-17-9(2)19(14)3/h5-8,12-13H,4,16H2,1-3H3. The van der Waals surface area contributed by atoms with Crippen LogP contribution in [0.1, 0.15) is 30.0 Å². The van der Waals surface area contributed by atoms with Gasteiger partial charge in [-0.1, -0.05) is 46.7 Å². The topological polar surface area (TPSA) is 56.7 Å². The van der Waals surface area contributed by atoms with Crippen molar-refractivity contribution >= 4 is 27.7 Å². The summed E-state index contributed by atoms with van der Waals surface area (Å²) in [6.45, 7) is 4.06. The van der Waals surface area contributed by atoms with Crippen molar-refractivity contribution in [3.05, 3.63) is 40.1 Å². The van der Waals surface area contributed by atoms with E-state index in [4.69, 9.17) is 5.73 Å². The van der Waals surface area contributed by atoms with Crippen LogP contribution in [0.25, 0.3) is 0 Å². The minimum absolute atomic E-state index is 0.0816. The van der Waals surface area contributed by atoms with Crippen LogP contribution in [-0.2, 0) is 7.05 Å². The Morgan fingerprint density at radius 1 is 1.30 bits per heavy atom. The molecule has 4 nitrogen and oxygen atoms in total. The molecule has 20 heavy (non-hydrogen) atoms. The van der Waals surface area contributed by atoms with E-state index in [2.05, 4.69) is 45.2 Å². The molecule has 1 heterocycles. The van der Waals surface area contributed by atoms with Gasteiger partial charge < -0.3 is 10.3 Å². The highest BCUT2D eigenvalue weighted by atomic mass is 79.9. The molecule has 2 N–H and O–H groups in total. The Labute approximate surface area is 132 Å². The van der Waals surface area contributed by atoms with E-state index in [0.29, 0.717) is 0 Å². The summed E-state index contributed by atoms with van der Waals surface area (Å²) in [6.07, 6.45) is 0.921. The van der Waals surface area contributed by atoms with E-state index in [-0.39, 0.29) is 11.3 Å². The third-order valence-corrected chi connectivity index (χ3v) is 5.31. The average Bonchev–Trinajstić information content (AvgIpc) is 2.77. The normalized spacial score (nSPS) is 14.2. The lowest BCUT2D eigenvalue weighted by atomic mass is 10.0.